The van der Waals surface area contributed by atoms with Gasteiger partial charge in [-0.25, -0.2) is 0 Å². The summed E-state index contributed by atoms with van der Waals surface area (Å²) >= 11 is 0. The van der Waals surface area contributed by atoms with E-state index in [1.807, 2.05) is 13.8 Å². The summed E-state index contributed by atoms with van der Waals surface area (Å²) < 4.78 is 38.7. The zero-order chi connectivity index (χ0) is 16.4. The highest BCUT2D eigenvalue weighted by atomic mass is 19.4. The number of halogens is 3. The first-order valence-corrected chi connectivity index (χ1v) is 6.25. The van der Waals surface area contributed by atoms with Crippen molar-refractivity contribution in [2.75, 3.05) is 25.0 Å². The van der Waals surface area contributed by atoms with E-state index in [-0.39, 0.29) is 11.1 Å². The van der Waals surface area contributed by atoms with Crippen molar-refractivity contribution in [2.24, 2.45) is 11.1 Å². The number of nitrogens with two attached hydrogens (primary N) is 1. The first-order chi connectivity index (χ1) is 9.48. The lowest BCUT2D eigenvalue weighted by molar-refractivity contribution is -0.388. The molecule has 0 atom stereocenters. The number of alkyl halides is 3. The molecule has 0 unspecified atom stereocenters. The van der Waals surface area contributed by atoms with Crippen LogP contribution in [0.2, 0.25) is 0 Å². The van der Waals surface area contributed by atoms with Crippen molar-refractivity contribution >= 4 is 11.4 Å². The molecule has 1 aromatic rings. The molecule has 0 aliphatic heterocycles. The highest BCUT2D eigenvalue weighted by molar-refractivity contribution is 5.56. The van der Waals surface area contributed by atoms with Crippen molar-refractivity contribution in [3.05, 3.63) is 33.9 Å². The Kier molecular flexibility index (Phi) is 4.83. The molecular formula is C13H18F3N3O2. The van der Waals surface area contributed by atoms with E-state index in [0.717, 1.165) is 12.1 Å². The maximum atomic E-state index is 12.9. The average Bonchev–Trinajstić information content (AvgIpc) is 2.36. The van der Waals surface area contributed by atoms with Gasteiger partial charge in [-0.1, -0.05) is 13.8 Å². The fourth-order valence-electron chi connectivity index (χ4n) is 1.95. The topological polar surface area (TPSA) is 72.4 Å². The first kappa shape index (κ1) is 17.2. The summed E-state index contributed by atoms with van der Waals surface area (Å²) in [5, 5.41) is 10.7. The molecule has 0 bridgehead atoms. The fourth-order valence-corrected chi connectivity index (χ4v) is 1.95. The number of hydrogen-bond acceptors (Lipinski definition) is 4. The van der Waals surface area contributed by atoms with Crippen LogP contribution in [0.5, 0.6) is 0 Å². The molecule has 1 aromatic carbocycles. The summed E-state index contributed by atoms with van der Waals surface area (Å²) in [5.41, 5.74) is 3.38. The molecule has 0 heterocycles. The van der Waals surface area contributed by atoms with E-state index in [0.29, 0.717) is 13.1 Å². The lowest BCUT2D eigenvalue weighted by Crippen LogP contribution is -2.36. The second-order valence-electron chi connectivity index (χ2n) is 5.68. The van der Waals surface area contributed by atoms with Crippen LogP contribution >= 0.6 is 0 Å². The third-order valence-electron chi connectivity index (χ3n) is 3.14. The molecule has 1 rings (SSSR count). The van der Waals surface area contributed by atoms with Crippen LogP contribution in [-0.2, 0) is 6.18 Å². The number of anilines is 1. The normalized spacial score (nSPS) is 12.3. The van der Waals surface area contributed by atoms with Crippen LogP contribution < -0.4 is 10.6 Å². The molecule has 2 N–H and O–H groups in total. The molecule has 0 fully saturated rings. The molecule has 0 saturated carbocycles. The van der Waals surface area contributed by atoms with Gasteiger partial charge in [0.1, 0.15) is 5.56 Å². The summed E-state index contributed by atoms with van der Waals surface area (Å²) in [4.78, 5) is 11.3. The third-order valence-corrected chi connectivity index (χ3v) is 3.14. The van der Waals surface area contributed by atoms with Gasteiger partial charge in [0.25, 0.3) is 5.69 Å². The largest absolute Gasteiger partial charge is 0.423 e. The van der Waals surface area contributed by atoms with Gasteiger partial charge in [-0.05, 0) is 24.1 Å². The van der Waals surface area contributed by atoms with Crippen molar-refractivity contribution in [2.45, 2.75) is 20.0 Å². The molecule has 0 aliphatic rings. The molecule has 0 aromatic heterocycles. The summed E-state index contributed by atoms with van der Waals surface area (Å²) in [7, 11) is 1.62. The Morgan fingerprint density at radius 2 is 1.90 bits per heavy atom. The van der Waals surface area contributed by atoms with Gasteiger partial charge in [-0.2, -0.15) is 13.2 Å². The summed E-state index contributed by atoms with van der Waals surface area (Å²) in [6, 6.07) is 2.98. The van der Waals surface area contributed by atoms with Crippen molar-refractivity contribution in [1.29, 1.82) is 0 Å². The standard InChI is InChI=1S/C13H18F3N3O2/c1-12(2,7-17)8-18(3)9-4-5-11(19(20)21)10(6-9)13(14,15)16/h4-6H,7-8,17H2,1-3H3. The number of nitrogens with zero attached hydrogens (tertiary/aromatic N) is 2. The molecule has 0 aliphatic carbocycles. The number of nitro benzene ring substituents is 1. The monoisotopic (exact) mass is 305 g/mol. The van der Waals surface area contributed by atoms with Crippen LogP contribution in [0.1, 0.15) is 19.4 Å². The minimum absolute atomic E-state index is 0.259. The van der Waals surface area contributed by atoms with Crippen molar-refractivity contribution in [1.82, 2.24) is 0 Å². The Balaban J connectivity index is 3.20. The Labute approximate surface area is 120 Å². The van der Waals surface area contributed by atoms with Crippen molar-refractivity contribution in [3.63, 3.8) is 0 Å². The molecule has 5 nitrogen and oxygen atoms in total. The van der Waals surface area contributed by atoms with Gasteiger partial charge in [-0.15, -0.1) is 0 Å². The van der Waals surface area contributed by atoms with Gasteiger partial charge < -0.3 is 10.6 Å². The van der Waals surface area contributed by atoms with Crippen LogP contribution in [0.3, 0.4) is 0 Å². The molecular weight excluding hydrogens is 287 g/mol. The molecule has 8 heteroatoms. The number of hydrogen-bond donors (Lipinski definition) is 1. The minimum Gasteiger partial charge on any atom is -0.374 e. The molecule has 0 radical (unpaired) electrons. The van der Waals surface area contributed by atoms with Gasteiger partial charge in [0, 0.05) is 25.3 Å². The van der Waals surface area contributed by atoms with Crippen LogP contribution in [-0.4, -0.2) is 25.1 Å². The number of nitro groups is 1. The Bertz CT molecular complexity index is 530. The third kappa shape index (κ3) is 4.32. The van der Waals surface area contributed by atoms with Crippen molar-refractivity contribution < 1.29 is 18.1 Å². The van der Waals surface area contributed by atoms with Crippen LogP contribution in [0, 0.1) is 15.5 Å². The molecule has 118 valence electrons. The SMILES string of the molecule is CN(CC(C)(C)CN)c1ccc([N+](=O)[O-])c(C(F)(F)F)c1. The highest BCUT2D eigenvalue weighted by Crippen LogP contribution is 2.38. The molecule has 21 heavy (non-hydrogen) atoms. The maximum absolute atomic E-state index is 12.9. The predicted molar refractivity (Wildman–Crippen MR) is 74.2 cm³/mol. The van der Waals surface area contributed by atoms with E-state index in [4.69, 9.17) is 5.73 Å². The van der Waals surface area contributed by atoms with Crippen LogP contribution in [0.25, 0.3) is 0 Å². The molecule has 0 spiro atoms. The van der Waals surface area contributed by atoms with Gasteiger partial charge >= 0.3 is 6.18 Å². The van der Waals surface area contributed by atoms with E-state index in [2.05, 4.69) is 0 Å². The Hall–Kier alpha value is -1.83. The van der Waals surface area contributed by atoms with E-state index in [1.54, 1.807) is 11.9 Å². The van der Waals surface area contributed by atoms with Gasteiger partial charge in [-0.3, -0.25) is 10.1 Å². The lowest BCUT2D eigenvalue weighted by Gasteiger charge is -2.30. The first-order valence-electron chi connectivity index (χ1n) is 6.25. The van der Waals surface area contributed by atoms with E-state index in [9.17, 15) is 23.3 Å². The second-order valence-corrected chi connectivity index (χ2v) is 5.68. The Morgan fingerprint density at radius 1 is 1.33 bits per heavy atom. The van der Waals surface area contributed by atoms with Gasteiger partial charge in [0.15, 0.2) is 0 Å². The summed E-state index contributed by atoms with van der Waals surface area (Å²) in [6.45, 7) is 4.58. The van der Waals surface area contributed by atoms with E-state index in [1.165, 1.54) is 6.07 Å². The zero-order valence-electron chi connectivity index (χ0n) is 12.1. The van der Waals surface area contributed by atoms with Crippen LogP contribution in [0.15, 0.2) is 18.2 Å². The van der Waals surface area contributed by atoms with E-state index >= 15 is 0 Å². The maximum Gasteiger partial charge on any atom is 0.423 e. The minimum atomic E-state index is -4.78. The number of rotatable bonds is 5. The summed E-state index contributed by atoms with van der Waals surface area (Å²) in [6.07, 6.45) is -4.78. The highest BCUT2D eigenvalue weighted by Gasteiger charge is 2.38. The van der Waals surface area contributed by atoms with Gasteiger partial charge in [0.05, 0.1) is 4.92 Å². The molecule has 0 amide bonds. The average molecular weight is 305 g/mol. The smallest absolute Gasteiger partial charge is 0.374 e. The predicted octanol–water partition coefficient (Wildman–Crippen LogP) is 3.03. The lowest BCUT2D eigenvalue weighted by atomic mass is 9.93. The fraction of sp³-hybridized carbons (Fsp3) is 0.538. The Morgan fingerprint density at radius 3 is 2.33 bits per heavy atom. The van der Waals surface area contributed by atoms with Crippen molar-refractivity contribution in [3.8, 4) is 0 Å². The second kappa shape index (κ2) is 5.88. The quantitative estimate of drug-likeness (QED) is 0.670. The van der Waals surface area contributed by atoms with Crippen LogP contribution in [0.4, 0.5) is 24.5 Å². The van der Waals surface area contributed by atoms with E-state index < -0.39 is 22.4 Å². The molecule has 0 saturated heterocycles. The van der Waals surface area contributed by atoms with Gasteiger partial charge in [0.2, 0.25) is 0 Å². The zero-order valence-corrected chi connectivity index (χ0v) is 12.1. The summed E-state index contributed by atoms with van der Waals surface area (Å²) in [5.74, 6) is 0. The number of benzene rings is 1.